The number of carbonyl (C=O) groups is 1. The molecular formula is C20H20ClNO. The second-order valence-corrected chi connectivity index (χ2v) is 6.59. The maximum atomic E-state index is 12.7. The summed E-state index contributed by atoms with van der Waals surface area (Å²) in [6, 6.07) is 16.1. The lowest BCUT2D eigenvalue weighted by molar-refractivity contribution is -0.128. The topological polar surface area (TPSA) is 20.3 Å². The van der Waals surface area contributed by atoms with E-state index in [4.69, 9.17) is 11.6 Å². The van der Waals surface area contributed by atoms with E-state index in [1.54, 1.807) is 6.08 Å². The highest BCUT2D eigenvalue weighted by Gasteiger charge is 2.30. The van der Waals surface area contributed by atoms with Gasteiger partial charge in [-0.3, -0.25) is 4.79 Å². The van der Waals surface area contributed by atoms with Crippen LogP contribution in [0.1, 0.15) is 36.6 Å². The predicted molar refractivity (Wildman–Crippen MR) is 94.6 cm³/mol. The van der Waals surface area contributed by atoms with Crippen LogP contribution in [0.15, 0.2) is 60.2 Å². The molecule has 0 spiro atoms. The van der Waals surface area contributed by atoms with Crippen molar-refractivity contribution in [2.75, 3.05) is 6.54 Å². The zero-order chi connectivity index (χ0) is 16.4. The molecule has 1 aliphatic heterocycles. The van der Waals surface area contributed by atoms with Crippen molar-refractivity contribution < 1.29 is 4.79 Å². The first-order valence-electron chi connectivity index (χ1n) is 7.85. The number of hydrogen-bond acceptors (Lipinski definition) is 1. The molecule has 1 aliphatic rings. The Morgan fingerprint density at radius 2 is 1.83 bits per heavy atom. The van der Waals surface area contributed by atoms with E-state index in [0.717, 1.165) is 24.1 Å². The van der Waals surface area contributed by atoms with Crippen LogP contribution in [0.25, 0.3) is 0 Å². The van der Waals surface area contributed by atoms with Crippen molar-refractivity contribution in [3.05, 3.63) is 81.9 Å². The lowest BCUT2D eigenvalue weighted by Crippen LogP contribution is -2.39. The molecule has 1 unspecified atom stereocenters. The highest BCUT2D eigenvalue weighted by Crippen LogP contribution is 2.35. The van der Waals surface area contributed by atoms with Gasteiger partial charge in [0, 0.05) is 17.6 Å². The van der Waals surface area contributed by atoms with Gasteiger partial charge in [-0.15, -0.1) is 0 Å². The maximum Gasteiger partial charge on any atom is 0.247 e. The fraction of sp³-hybridized carbons (Fsp3) is 0.250. The summed E-state index contributed by atoms with van der Waals surface area (Å²) in [7, 11) is 0. The van der Waals surface area contributed by atoms with Gasteiger partial charge >= 0.3 is 0 Å². The third kappa shape index (κ3) is 3.32. The highest BCUT2D eigenvalue weighted by molar-refractivity contribution is 6.30. The quantitative estimate of drug-likeness (QED) is 0.728. The average molecular weight is 326 g/mol. The van der Waals surface area contributed by atoms with Crippen molar-refractivity contribution in [2.45, 2.75) is 26.3 Å². The first kappa shape index (κ1) is 15.8. The van der Waals surface area contributed by atoms with Crippen molar-refractivity contribution in [3.63, 3.8) is 0 Å². The van der Waals surface area contributed by atoms with Crippen LogP contribution in [0.3, 0.4) is 0 Å². The molecule has 0 N–H and O–H groups in total. The third-order valence-electron chi connectivity index (χ3n) is 4.16. The van der Waals surface area contributed by atoms with Gasteiger partial charge in [0.05, 0.1) is 6.04 Å². The molecule has 23 heavy (non-hydrogen) atoms. The number of carbonyl (C=O) groups excluding carboxylic acids is 1. The smallest absolute Gasteiger partial charge is 0.247 e. The molecule has 1 atom stereocenters. The molecule has 0 saturated carbocycles. The first-order valence-corrected chi connectivity index (χ1v) is 8.23. The Hall–Kier alpha value is -2.06. The van der Waals surface area contributed by atoms with E-state index in [2.05, 4.69) is 18.2 Å². The van der Waals surface area contributed by atoms with Crippen LogP contribution in [0, 0.1) is 0 Å². The summed E-state index contributed by atoms with van der Waals surface area (Å²) in [5.74, 6) is 0.0689. The summed E-state index contributed by atoms with van der Waals surface area (Å²) in [4.78, 5) is 14.6. The SMILES string of the molecule is CC(C)=CC(=O)N1CCc2ccccc2C1c1ccc(Cl)cc1. The van der Waals surface area contributed by atoms with E-state index in [0.29, 0.717) is 5.02 Å². The molecule has 0 fully saturated rings. The number of halogens is 1. The van der Waals surface area contributed by atoms with Gasteiger partial charge in [0.25, 0.3) is 0 Å². The molecule has 118 valence electrons. The molecule has 3 heteroatoms. The number of benzene rings is 2. The van der Waals surface area contributed by atoms with Gasteiger partial charge in [0.15, 0.2) is 0 Å². The van der Waals surface area contributed by atoms with Crippen molar-refractivity contribution in [1.29, 1.82) is 0 Å². The van der Waals surface area contributed by atoms with Gasteiger partial charge in [-0.2, -0.15) is 0 Å². The minimum atomic E-state index is -0.0553. The van der Waals surface area contributed by atoms with Crippen molar-refractivity contribution >= 4 is 17.5 Å². The first-order chi connectivity index (χ1) is 11.1. The van der Waals surface area contributed by atoms with E-state index in [9.17, 15) is 4.79 Å². The zero-order valence-corrected chi connectivity index (χ0v) is 14.2. The van der Waals surface area contributed by atoms with E-state index in [-0.39, 0.29) is 11.9 Å². The van der Waals surface area contributed by atoms with Gasteiger partial charge in [0.2, 0.25) is 5.91 Å². The maximum absolute atomic E-state index is 12.7. The Balaban J connectivity index is 2.08. The van der Waals surface area contributed by atoms with Gasteiger partial charge < -0.3 is 4.90 Å². The summed E-state index contributed by atoms with van der Waals surface area (Å²) in [5, 5.41) is 0.708. The Kier molecular flexibility index (Phi) is 4.53. The van der Waals surface area contributed by atoms with Gasteiger partial charge in [0.1, 0.15) is 0 Å². The molecule has 0 bridgehead atoms. The molecule has 0 aromatic heterocycles. The Morgan fingerprint density at radius 3 is 2.52 bits per heavy atom. The normalized spacial score (nSPS) is 16.7. The lowest BCUT2D eigenvalue weighted by atomic mass is 9.88. The van der Waals surface area contributed by atoms with Crippen molar-refractivity contribution in [2.24, 2.45) is 0 Å². The lowest BCUT2D eigenvalue weighted by Gasteiger charge is -2.37. The average Bonchev–Trinajstić information content (AvgIpc) is 2.54. The summed E-state index contributed by atoms with van der Waals surface area (Å²) in [5.41, 5.74) is 4.63. The zero-order valence-electron chi connectivity index (χ0n) is 13.4. The Bertz CT molecular complexity index is 744. The molecule has 2 aromatic carbocycles. The van der Waals surface area contributed by atoms with Crippen molar-refractivity contribution in [1.82, 2.24) is 4.90 Å². The van der Waals surface area contributed by atoms with Gasteiger partial charge in [-0.1, -0.05) is 53.6 Å². The Morgan fingerprint density at radius 1 is 1.13 bits per heavy atom. The fourth-order valence-corrected chi connectivity index (χ4v) is 3.26. The van der Waals surface area contributed by atoms with E-state index >= 15 is 0 Å². The molecule has 0 radical (unpaired) electrons. The molecule has 0 saturated heterocycles. The summed E-state index contributed by atoms with van der Waals surface area (Å²) in [6.07, 6.45) is 2.61. The number of fused-ring (bicyclic) bond motifs is 1. The molecule has 2 nitrogen and oxygen atoms in total. The molecule has 2 aromatic rings. The van der Waals surface area contributed by atoms with Crippen LogP contribution < -0.4 is 0 Å². The van der Waals surface area contributed by atoms with E-state index < -0.39 is 0 Å². The van der Waals surface area contributed by atoms with Gasteiger partial charge in [-0.05, 0) is 49.1 Å². The van der Waals surface area contributed by atoms with E-state index in [1.165, 1.54) is 11.1 Å². The van der Waals surface area contributed by atoms with Crippen LogP contribution in [-0.2, 0) is 11.2 Å². The number of allylic oxidation sites excluding steroid dienone is 1. The molecule has 0 aliphatic carbocycles. The van der Waals surface area contributed by atoms with Crippen LogP contribution in [0.2, 0.25) is 5.02 Å². The van der Waals surface area contributed by atoms with Gasteiger partial charge in [-0.25, -0.2) is 0 Å². The molecule has 1 heterocycles. The highest BCUT2D eigenvalue weighted by atomic mass is 35.5. The predicted octanol–water partition coefficient (Wildman–Crippen LogP) is 4.78. The standard InChI is InChI=1S/C20H20ClNO/c1-14(2)13-19(23)22-12-11-15-5-3-4-6-18(15)20(22)16-7-9-17(21)10-8-16/h3-10,13,20H,11-12H2,1-2H3. The minimum Gasteiger partial charge on any atom is -0.328 e. The fourth-order valence-electron chi connectivity index (χ4n) is 3.14. The number of amides is 1. The largest absolute Gasteiger partial charge is 0.328 e. The molecular weight excluding hydrogens is 306 g/mol. The third-order valence-corrected chi connectivity index (χ3v) is 4.42. The second kappa shape index (κ2) is 6.59. The monoisotopic (exact) mass is 325 g/mol. The summed E-state index contributed by atoms with van der Waals surface area (Å²) < 4.78 is 0. The Labute approximate surface area is 142 Å². The van der Waals surface area contributed by atoms with Crippen LogP contribution in [-0.4, -0.2) is 17.4 Å². The van der Waals surface area contributed by atoms with Crippen LogP contribution in [0.5, 0.6) is 0 Å². The molecule has 1 amide bonds. The number of rotatable bonds is 2. The van der Waals surface area contributed by atoms with Crippen LogP contribution >= 0.6 is 11.6 Å². The number of nitrogens with zero attached hydrogens (tertiary/aromatic N) is 1. The minimum absolute atomic E-state index is 0.0553. The van der Waals surface area contributed by atoms with Crippen LogP contribution in [0.4, 0.5) is 0 Å². The second-order valence-electron chi connectivity index (χ2n) is 6.16. The summed E-state index contributed by atoms with van der Waals surface area (Å²) in [6.45, 7) is 4.63. The summed E-state index contributed by atoms with van der Waals surface area (Å²) >= 11 is 6.03. The number of hydrogen-bond donors (Lipinski definition) is 0. The van der Waals surface area contributed by atoms with E-state index in [1.807, 2.05) is 49.1 Å². The molecule has 3 rings (SSSR count). The van der Waals surface area contributed by atoms with Crippen molar-refractivity contribution in [3.8, 4) is 0 Å².